The summed E-state index contributed by atoms with van der Waals surface area (Å²) in [7, 11) is 0. The second kappa shape index (κ2) is 6.55. The molecule has 0 bridgehead atoms. The minimum Gasteiger partial charge on any atom is -0.330 e. The van der Waals surface area contributed by atoms with E-state index in [2.05, 4.69) is 25.1 Å². The zero-order chi connectivity index (χ0) is 12.0. The Morgan fingerprint density at radius 1 is 1.62 bits per heavy atom. The molecule has 2 atom stereocenters. The normalized spacial score (nSPS) is 24.8. The van der Waals surface area contributed by atoms with Crippen LogP contribution in [0.2, 0.25) is 0 Å². The fourth-order valence-corrected chi connectivity index (χ4v) is 2.22. The Labute approximate surface area is 98.6 Å². The van der Waals surface area contributed by atoms with Crippen LogP contribution >= 0.6 is 0 Å². The van der Waals surface area contributed by atoms with Crippen molar-refractivity contribution in [2.24, 2.45) is 5.92 Å². The number of amides is 1. The summed E-state index contributed by atoms with van der Waals surface area (Å²) in [5.74, 6) is 3.15. The molecule has 1 aliphatic rings. The van der Waals surface area contributed by atoms with Gasteiger partial charge < -0.3 is 10.2 Å². The van der Waals surface area contributed by atoms with Crippen molar-refractivity contribution in [3.8, 4) is 12.3 Å². The van der Waals surface area contributed by atoms with Crippen molar-refractivity contribution in [1.82, 2.24) is 10.2 Å². The van der Waals surface area contributed by atoms with E-state index in [1.807, 2.05) is 0 Å². The summed E-state index contributed by atoms with van der Waals surface area (Å²) < 4.78 is 0. The Kier molecular flexibility index (Phi) is 5.34. The number of rotatable bonds is 4. The first kappa shape index (κ1) is 13.1. The van der Waals surface area contributed by atoms with Crippen molar-refractivity contribution in [3.05, 3.63) is 0 Å². The van der Waals surface area contributed by atoms with Crippen molar-refractivity contribution in [3.63, 3.8) is 0 Å². The molecule has 90 valence electrons. The first-order valence-corrected chi connectivity index (χ1v) is 6.16. The first-order chi connectivity index (χ1) is 7.70. The van der Waals surface area contributed by atoms with Gasteiger partial charge in [0.15, 0.2) is 0 Å². The zero-order valence-corrected chi connectivity index (χ0v) is 10.3. The third-order valence-corrected chi connectivity index (χ3v) is 3.12. The van der Waals surface area contributed by atoms with E-state index >= 15 is 0 Å². The summed E-state index contributed by atoms with van der Waals surface area (Å²) >= 11 is 0. The maximum Gasteiger partial charge on any atom is 0.240 e. The van der Waals surface area contributed by atoms with E-state index in [1.165, 1.54) is 0 Å². The van der Waals surface area contributed by atoms with Crippen LogP contribution in [-0.4, -0.2) is 36.5 Å². The number of nitrogens with one attached hydrogen (secondary N) is 1. The molecule has 0 radical (unpaired) electrons. The van der Waals surface area contributed by atoms with Gasteiger partial charge >= 0.3 is 0 Å². The summed E-state index contributed by atoms with van der Waals surface area (Å²) in [6.07, 6.45) is 8.54. The number of terminal acetylenes is 1. The molecule has 1 rings (SSSR count). The summed E-state index contributed by atoms with van der Waals surface area (Å²) in [6.45, 7) is 6.32. The van der Waals surface area contributed by atoms with Crippen LogP contribution in [0, 0.1) is 18.3 Å². The highest BCUT2D eigenvalue weighted by Crippen LogP contribution is 2.17. The van der Waals surface area contributed by atoms with Crippen molar-refractivity contribution in [2.75, 3.05) is 19.6 Å². The molecule has 0 aromatic rings. The van der Waals surface area contributed by atoms with E-state index in [1.54, 1.807) is 4.90 Å². The first-order valence-electron chi connectivity index (χ1n) is 6.16. The Morgan fingerprint density at radius 2 is 2.38 bits per heavy atom. The topological polar surface area (TPSA) is 32.3 Å². The molecular formula is C13H22N2O. The Bertz CT molecular complexity index is 270. The average Bonchev–Trinajstić information content (AvgIpc) is 2.28. The third-order valence-electron chi connectivity index (χ3n) is 3.12. The van der Waals surface area contributed by atoms with E-state index < -0.39 is 0 Å². The Morgan fingerprint density at radius 3 is 2.94 bits per heavy atom. The second-order valence-corrected chi connectivity index (χ2v) is 4.52. The lowest BCUT2D eigenvalue weighted by Gasteiger charge is -2.33. The number of carbonyl (C=O) groups is 1. The van der Waals surface area contributed by atoms with Crippen LogP contribution in [0.5, 0.6) is 0 Å². The van der Waals surface area contributed by atoms with Crippen molar-refractivity contribution in [2.45, 2.75) is 39.2 Å². The van der Waals surface area contributed by atoms with Gasteiger partial charge in [0.2, 0.25) is 5.91 Å². The minimum absolute atomic E-state index is 0.0337. The zero-order valence-electron chi connectivity index (χ0n) is 10.3. The van der Waals surface area contributed by atoms with E-state index in [9.17, 15) is 4.79 Å². The SMILES string of the molecule is C#CCN(CCC)C(=O)C1NCCCC1C. The molecule has 2 unspecified atom stereocenters. The maximum absolute atomic E-state index is 12.3. The quantitative estimate of drug-likeness (QED) is 0.726. The fraction of sp³-hybridized carbons (Fsp3) is 0.769. The van der Waals surface area contributed by atoms with Crippen molar-refractivity contribution in [1.29, 1.82) is 0 Å². The smallest absolute Gasteiger partial charge is 0.240 e. The number of hydrogen-bond donors (Lipinski definition) is 1. The lowest BCUT2D eigenvalue weighted by Crippen LogP contribution is -2.52. The monoisotopic (exact) mass is 222 g/mol. The third kappa shape index (κ3) is 3.24. The highest BCUT2D eigenvalue weighted by atomic mass is 16.2. The Hall–Kier alpha value is -1.01. The standard InChI is InChI=1S/C13H22N2O/c1-4-9-15(10-5-2)13(16)12-11(3)7-6-8-14-12/h1,11-12,14H,5-10H2,2-3H3. The van der Waals surface area contributed by atoms with Gasteiger partial charge in [0.05, 0.1) is 12.6 Å². The predicted octanol–water partition coefficient (Wildman–Crippen LogP) is 1.25. The molecule has 1 saturated heterocycles. The summed E-state index contributed by atoms with van der Waals surface area (Å²) in [5.41, 5.74) is 0. The maximum atomic E-state index is 12.3. The largest absolute Gasteiger partial charge is 0.330 e. The minimum atomic E-state index is -0.0337. The van der Waals surface area contributed by atoms with Crippen molar-refractivity contribution < 1.29 is 4.79 Å². The lowest BCUT2D eigenvalue weighted by molar-refractivity contribution is -0.134. The molecule has 1 fully saturated rings. The molecule has 1 aliphatic heterocycles. The molecule has 0 aliphatic carbocycles. The van der Waals surface area contributed by atoms with Crippen LogP contribution in [0.4, 0.5) is 0 Å². The van der Waals surface area contributed by atoms with Crippen LogP contribution in [0.1, 0.15) is 33.1 Å². The van der Waals surface area contributed by atoms with Crippen LogP contribution in [0.25, 0.3) is 0 Å². The van der Waals surface area contributed by atoms with Gasteiger partial charge in [0, 0.05) is 6.54 Å². The molecule has 3 nitrogen and oxygen atoms in total. The average molecular weight is 222 g/mol. The molecule has 1 heterocycles. The van der Waals surface area contributed by atoms with Crippen molar-refractivity contribution >= 4 is 5.91 Å². The molecule has 16 heavy (non-hydrogen) atoms. The van der Waals surface area contributed by atoms with Crippen LogP contribution < -0.4 is 5.32 Å². The lowest BCUT2D eigenvalue weighted by atomic mass is 9.92. The molecule has 0 saturated carbocycles. The van der Waals surface area contributed by atoms with E-state index in [0.717, 1.165) is 32.4 Å². The Balaban J connectivity index is 2.61. The van der Waals surface area contributed by atoms with Crippen LogP contribution in [-0.2, 0) is 4.79 Å². The number of piperidine rings is 1. The van der Waals surface area contributed by atoms with Gasteiger partial charge in [0.1, 0.15) is 0 Å². The second-order valence-electron chi connectivity index (χ2n) is 4.52. The summed E-state index contributed by atoms with van der Waals surface area (Å²) in [6, 6.07) is -0.0337. The van der Waals surface area contributed by atoms with Crippen LogP contribution in [0.3, 0.4) is 0 Å². The van der Waals surface area contributed by atoms with Gasteiger partial charge in [-0.15, -0.1) is 6.42 Å². The van der Waals surface area contributed by atoms with Gasteiger partial charge in [-0.1, -0.05) is 19.8 Å². The van der Waals surface area contributed by atoms with E-state index in [-0.39, 0.29) is 11.9 Å². The van der Waals surface area contributed by atoms with Crippen LogP contribution in [0.15, 0.2) is 0 Å². The highest BCUT2D eigenvalue weighted by Gasteiger charge is 2.30. The molecule has 1 amide bonds. The number of carbonyl (C=O) groups excluding carboxylic acids is 1. The molecule has 0 aromatic heterocycles. The molecule has 1 N–H and O–H groups in total. The number of hydrogen-bond acceptors (Lipinski definition) is 2. The summed E-state index contributed by atoms with van der Waals surface area (Å²) in [5, 5.41) is 3.31. The van der Waals surface area contributed by atoms with Gasteiger partial charge in [-0.3, -0.25) is 4.79 Å². The predicted molar refractivity (Wildman–Crippen MR) is 65.9 cm³/mol. The van der Waals surface area contributed by atoms with E-state index in [0.29, 0.717) is 12.5 Å². The molecular weight excluding hydrogens is 200 g/mol. The number of nitrogens with zero attached hydrogens (tertiary/aromatic N) is 1. The highest BCUT2D eigenvalue weighted by molar-refractivity contribution is 5.82. The van der Waals surface area contributed by atoms with Gasteiger partial charge in [0.25, 0.3) is 0 Å². The molecule has 3 heteroatoms. The van der Waals surface area contributed by atoms with Gasteiger partial charge in [-0.2, -0.15) is 0 Å². The molecule has 0 aromatic carbocycles. The summed E-state index contributed by atoms with van der Waals surface area (Å²) in [4.78, 5) is 14.0. The molecule has 0 spiro atoms. The van der Waals surface area contributed by atoms with Gasteiger partial charge in [-0.05, 0) is 31.7 Å². The fourth-order valence-electron chi connectivity index (χ4n) is 2.22. The van der Waals surface area contributed by atoms with Gasteiger partial charge in [-0.25, -0.2) is 0 Å². The van der Waals surface area contributed by atoms with E-state index in [4.69, 9.17) is 6.42 Å².